The highest BCUT2D eigenvalue weighted by Crippen LogP contribution is 2.31. The predicted molar refractivity (Wildman–Crippen MR) is 103 cm³/mol. The van der Waals surface area contributed by atoms with Crippen molar-refractivity contribution in [3.05, 3.63) is 84.1 Å². The van der Waals surface area contributed by atoms with Gasteiger partial charge < -0.3 is 14.6 Å². The van der Waals surface area contributed by atoms with Crippen LogP contribution in [0.4, 0.5) is 0 Å². The first-order valence-electron chi connectivity index (χ1n) is 8.77. The zero-order valence-electron chi connectivity index (χ0n) is 14.4. The molecular formula is C23H20O3. The minimum absolute atomic E-state index is 0.264. The summed E-state index contributed by atoms with van der Waals surface area (Å²) < 4.78 is 5.56. The van der Waals surface area contributed by atoms with Crippen molar-refractivity contribution < 1.29 is 14.6 Å². The van der Waals surface area contributed by atoms with Crippen LogP contribution in [-0.2, 0) is 12.8 Å². The van der Waals surface area contributed by atoms with Gasteiger partial charge in [0.05, 0.1) is 6.26 Å². The third-order valence-electron chi connectivity index (χ3n) is 4.72. The zero-order chi connectivity index (χ0) is 17.9. The monoisotopic (exact) mass is 344 g/mol. The van der Waals surface area contributed by atoms with Crippen LogP contribution in [0.3, 0.4) is 0 Å². The molecule has 1 aromatic heterocycles. The van der Waals surface area contributed by atoms with Gasteiger partial charge in [-0.1, -0.05) is 30.3 Å². The van der Waals surface area contributed by atoms with E-state index in [4.69, 9.17) is 9.52 Å². The first kappa shape index (κ1) is 16.3. The van der Waals surface area contributed by atoms with E-state index in [2.05, 4.69) is 0 Å². The molecule has 1 heterocycles. The highest BCUT2D eigenvalue weighted by atomic mass is 16.3. The summed E-state index contributed by atoms with van der Waals surface area (Å²) in [5.74, 6) is 1.51. The minimum atomic E-state index is 0.264. The van der Waals surface area contributed by atoms with Gasteiger partial charge in [-0.2, -0.15) is 0 Å². The third kappa shape index (κ3) is 3.29. The van der Waals surface area contributed by atoms with E-state index in [-0.39, 0.29) is 5.75 Å². The molecule has 0 aliphatic heterocycles. The van der Waals surface area contributed by atoms with E-state index >= 15 is 0 Å². The van der Waals surface area contributed by atoms with Gasteiger partial charge in [0.1, 0.15) is 17.3 Å². The van der Waals surface area contributed by atoms with Crippen molar-refractivity contribution in [3.63, 3.8) is 0 Å². The highest BCUT2D eigenvalue weighted by Gasteiger charge is 2.09. The van der Waals surface area contributed by atoms with Gasteiger partial charge in [0, 0.05) is 16.3 Å². The summed E-state index contributed by atoms with van der Waals surface area (Å²) in [7, 11) is 0. The number of aryl methyl sites for hydroxylation is 2. The van der Waals surface area contributed by atoms with Crippen LogP contribution in [0.1, 0.15) is 17.5 Å². The fourth-order valence-electron chi connectivity index (χ4n) is 3.39. The molecule has 3 aromatic carbocycles. The Kier molecular flexibility index (Phi) is 4.36. The summed E-state index contributed by atoms with van der Waals surface area (Å²) in [5.41, 5.74) is 3.72. The van der Waals surface area contributed by atoms with Crippen LogP contribution in [0.25, 0.3) is 22.1 Å². The second kappa shape index (κ2) is 6.96. The number of phenolic OH excluding ortho intramolecular Hbond substituents is 2. The normalized spacial score (nSPS) is 12.5. The van der Waals surface area contributed by atoms with Gasteiger partial charge >= 0.3 is 0 Å². The van der Waals surface area contributed by atoms with Gasteiger partial charge in [-0.25, -0.2) is 0 Å². The predicted octanol–water partition coefficient (Wildman–Crippen LogP) is 5.69. The van der Waals surface area contributed by atoms with Crippen molar-refractivity contribution in [2.24, 2.45) is 0 Å². The maximum Gasteiger partial charge on any atom is 0.141 e. The topological polar surface area (TPSA) is 53.6 Å². The lowest BCUT2D eigenvalue weighted by Gasteiger charge is -1.98. The number of fused-ring (bicyclic) bond motifs is 2. The number of hydrogen-bond donors (Lipinski definition) is 2. The van der Waals surface area contributed by atoms with Gasteiger partial charge in [-0.3, -0.25) is 0 Å². The lowest BCUT2D eigenvalue weighted by molar-refractivity contribution is 0.474. The highest BCUT2D eigenvalue weighted by molar-refractivity contribution is 5.94. The summed E-state index contributed by atoms with van der Waals surface area (Å²) in [4.78, 5) is 0. The molecule has 26 heavy (non-hydrogen) atoms. The first-order valence-corrected chi connectivity index (χ1v) is 8.77. The molecule has 0 spiro atoms. The Morgan fingerprint density at radius 1 is 0.731 bits per heavy atom. The lowest BCUT2D eigenvalue weighted by Crippen LogP contribution is -1.78. The number of hydrogen-bond acceptors (Lipinski definition) is 3. The molecule has 0 bridgehead atoms. The van der Waals surface area contributed by atoms with Crippen LogP contribution in [0.15, 0.2) is 77.4 Å². The molecule has 1 aliphatic carbocycles. The average molecular weight is 344 g/mol. The molecule has 2 N–H and O–H groups in total. The first-order chi connectivity index (χ1) is 12.7. The molecule has 5 rings (SSSR count). The molecular weight excluding hydrogens is 324 g/mol. The smallest absolute Gasteiger partial charge is 0.141 e. The minimum Gasteiger partial charge on any atom is -0.508 e. The molecule has 0 saturated carbocycles. The fourth-order valence-corrected chi connectivity index (χ4v) is 3.39. The van der Waals surface area contributed by atoms with Crippen LogP contribution in [0.5, 0.6) is 11.5 Å². The molecule has 0 unspecified atom stereocenters. The quantitative estimate of drug-likeness (QED) is 0.466. The fraction of sp³-hybridized carbons (Fsp3) is 0.130. The van der Waals surface area contributed by atoms with Crippen molar-refractivity contribution in [2.45, 2.75) is 19.3 Å². The molecule has 3 heteroatoms. The maximum absolute atomic E-state index is 9.24. The van der Waals surface area contributed by atoms with E-state index in [1.54, 1.807) is 24.5 Å². The van der Waals surface area contributed by atoms with Crippen LogP contribution in [0.2, 0.25) is 0 Å². The molecule has 1 aliphatic rings. The largest absolute Gasteiger partial charge is 0.508 e. The Bertz CT molecular complexity index is 1030. The van der Waals surface area contributed by atoms with Gasteiger partial charge in [0.2, 0.25) is 0 Å². The Balaban J connectivity index is 0.000000144. The van der Waals surface area contributed by atoms with Gasteiger partial charge in [0.25, 0.3) is 0 Å². The van der Waals surface area contributed by atoms with E-state index in [1.807, 2.05) is 48.5 Å². The van der Waals surface area contributed by atoms with Crippen molar-refractivity contribution in [2.75, 3.05) is 0 Å². The van der Waals surface area contributed by atoms with E-state index in [1.165, 1.54) is 24.0 Å². The molecule has 3 nitrogen and oxygen atoms in total. The molecule has 0 atom stereocenters. The van der Waals surface area contributed by atoms with E-state index in [9.17, 15) is 5.11 Å². The Morgan fingerprint density at radius 2 is 1.46 bits per heavy atom. The Labute approximate surface area is 152 Å². The standard InChI is InChI=1S/C14H10O2.C9H10O/c15-12-7-5-10(6-8-12)14-13-4-2-1-3-11(13)9-16-14;10-9-5-4-7-2-1-3-8(7)6-9/h1-9,15H;4-6,10H,1-3H2. The van der Waals surface area contributed by atoms with E-state index < -0.39 is 0 Å². The molecule has 0 amide bonds. The number of benzene rings is 3. The number of aromatic hydroxyl groups is 2. The zero-order valence-corrected chi connectivity index (χ0v) is 14.4. The number of furan rings is 1. The third-order valence-corrected chi connectivity index (χ3v) is 4.72. The summed E-state index contributed by atoms with van der Waals surface area (Å²) >= 11 is 0. The maximum atomic E-state index is 9.24. The lowest BCUT2D eigenvalue weighted by atomic mass is 10.1. The second-order valence-corrected chi connectivity index (χ2v) is 6.51. The molecule has 0 fully saturated rings. The van der Waals surface area contributed by atoms with Crippen LogP contribution >= 0.6 is 0 Å². The van der Waals surface area contributed by atoms with Crippen LogP contribution in [0, 0.1) is 0 Å². The number of phenols is 2. The van der Waals surface area contributed by atoms with Crippen LogP contribution < -0.4 is 0 Å². The summed E-state index contributed by atoms with van der Waals surface area (Å²) in [6, 6.07) is 20.7. The van der Waals surface area contributed by atoms with Gasteiger partial charge in [-0.15, -0.1) is 0 Å². The molecule has 0 radical (unpaired) electrons. The number of rotatable bonds is 1. The SMILES string of the molecule is Oc1ccc(-c2occ3ccccc23)cc1.Oc1ccc2c(c1)CCC2. The van der Waals surface area contributed by atoms with Crippen molar-refractivity contribution in [1.29, 1.82) is 0 Å². The molecule has 0 saturated heterocycles. The van der Waals surface area contributed by atoms with Crippen molar-refractivity contribution in [3.8, 4) is 22.8 Å². The summed E-state index contributed by atoms with van der Waals surface area (Å²) in [5, 5.41) is 20.5. The van der Waals surface area contributed by atoms with E-state index in [0.29, 0.717) is 5.75 Å². The summed E-state index contributed by atoms with van der Waals surface area (Å²) in [6.45, 7) is 0. The summed E-state index contributed by atoms with van der Waals surface area (Å²) in [6.07, 6.45) is 5.33. The Morgan fingerprint density at radius 3 is 2.31 bits per heavy atom. The van der Waals surface area contributed by atoms with Gasteiger partial charge in [-0.05, 0) is 66.8 Å². The van der Waals surface area contributed by atoms with Crippen molar-refractivity contribution >= 4 is 10.8 Å². The van der Waals surface area contributed by atoms with Crippen molar-refractivity contribution in [1.82, 2.24) is 0 Å². The molecule has 130 valence electrons. The average Bonchev–Trinajstić information content (AvgIpc) is 3.29. The molecule has 4 aromatic rings. The van der Waals surface area contributed by atoms with Crippen LogP contribution in [-0.4, -0.2) is 10.2 Å². The van der Waals surface area contributed by atoms with Gasteiger partial charge in [0.15, 0.2) is 0 Å². The second-order valence-electron chi connectivity index (χ2n) is 6.51. The van der Waals surface area contributed by atoms with E-state index in [0.717, 1.165) is 28.5 Å². The Hall–Kier alpha value is -3.20.